The molecule has 0 bridgehead atoms. The lowest BCUT2D eigenvalue weighted by atomic mass is 10.0. The molecule has 1 aliphatic heterocycles. The highest BCUT2D eigenvalue weighted by atomic mass is 32.2. The standard InChI is InChI=1S/C23H25F2N3O4S2/c1-15-7-9-27(10-8-15)34(30,31)18-5-3-16(4-6-18)22(29)26-23-28(11-12-32-2)21-19(25)13-17(24)14-20(21)33-23/h3-6,13-15H,7-12H2,1-2H3. The molecule has 0 unspecified atom stereocenters. The van der Waals surface area contributed by atoms with E-state index in [0.29, 0.717) is 23.7 Å². The van der Waals surface area contributed by atoms with E-state index in [0.717, 1.165) is 30.2 Å². The van der Waals surface area contributed by atoms with Gasteiger partial charge in [0.2, 0.25) is 10.0 Å². The average molecular weight is 510 g/mol. The predicted molar refractivity (Wildman–Crippen MR) is 125 cm³/mol. The SMILES string of the molecule is COCCn1c(=NC(=O)c2ccc(S(=O)(=O)N3CCC(C)CC3)cc2)sc2cc(F)cc(F)c21. The lowest BCUT2D eigenvalue weighted by Gasteiger charge is -2.29. The Morgan fingerprint density at radius 1 is 1.18 bits per heavy atom. The van der Waals surface area contributed by atoms with E-state index < -0.39 is 27.6 Å². The molecule has 2 aromatic carbocycles. The lowest BCUT2D eigenvalue weighted by molar-refractivity contribution is 0.0997. The van der Waals surface area contributed by atoms with Crippen LogP contribution in [0.15, 0.2) is 46.3 Å². The number of fused-ring (bicyclic) bond motifs is 1. The normalized spacial score (nSPS) is 16.4. The summed E-state index contributed by atoms with van der Waals surface area (Å²) >= 11 is 0.989. The minimum atomic E-state index is -3.63. The van der Waals surface area contributed by atoms with Crippen LogP contribution in [0.2, 0.25) is 0 Å². The van der Waals surface area contributed by atoms with Crippen molar-refractivity contribution in [2.45, 2.75) is 31.2 Å². The highest BCUT2D eigenvalue weighted by Crippen LogP contribution is 2.24. The molecule has 0 radical (unpaired) electrons. The van der Waals surface area contributed by atoms with Crippen molar-refractivity contribution in [1.29, 1.82) is 0 Å². The second kappa shape index (κ2) is 10.0. The molecule has 1 aliphatic rings. The summed E-state index contributed by atoms with van der Waals surface area (Å²) < 4.78 is 62.3. The Morgan fingerprint density at radius 3 is 2.50 bits per heavy atom. The molecule has 11 heteroatoms. The first-order valence-electron chi connectivity index (χ1n) is 10.9. The van der Waals surface area contributed by atoms with E-state index in [2.05, 4.69) is 11.9 Å². The number of aromatic nitrogens is 1. The fourth-order valence-corrected chi connectivity index (χ4v) is 6.46. The molecule has 3 aromatic rings. The molecule has 34 heavy (non-hydrogen) atoms. The molecule has 7 nitrogen and oxygen atoms in total. The fourth-order valence-electron chi connectivity index (χ4n) is 3.90. The summed E-state index contributed by atoms with van der Waals surface area (Å²) in [6, 6.07) is 7.60. The zero-order chi connectivity index (χ0) is 24.5. The molecule has 1 amide bonds. The maximum atomic E-state index is 14.5. The minimum absolute atomic E-state index is 0.119. The number of halogens is 2. The van der Waals surface area contributed by atoms with E-state index >= 15 is 0 Å². The van der Waals surface area contributed by atoms with Crippen LogP contribution in [0.4, 0.5) is 8.78 Å². The molecule has 1 aromatic heterocycles. The van der Waals surface area contributed by atoms with Crippen LogP contribution in [-0.4, -0.2) is 50.0 Å². The van der Waals surface area contributed by atoms with Crippen molar-refractivity contribution >= 4 is 37.5 Å². The Balaban J connectivity index is 1.65. The van der Waals surface area contributed by atoms with Gasteiger partial charge in [-0.15, -0.1) is 0 Å². The molecule has 4 rings (SSSR count). The molecule has 1 saturated heterocycles. The Bertz CT molecular complexity index is 1370. The quantitative estimate of drug-likeness (QED) is 0.506. The number of carbonyl (C=O) groups excluding carboxylic acids is 1. The van der Waals surface area contributed by atoms with Gasteiger partial charge in [0.15, 0.2) is 10.6 Å². The highest BCUT2D eigenvalue weighted by molar-refractivity contribution is 7.89. The Labute approximate surface area is 200 Å². The number of hydrogen-bond acceptors (Lipinski definition) is 5. The largest absolute Gasteiger partial charge is 0.383 e. The highest BCUT2D eigenvalue weighted by Gasteiger charge is 2.28. The van der Waals surface area contributed by atoms with Crippen molar-refractivity contribution in [1.82, 2.24) is 8.87 Å². The van der Waals surface area contributed by atoms with E-state index in [4.69, 9.17) is 4.74 Å². The summed E-state index contributed by atoms with van der Waals surface area (Å²) in [6.45, 7) is 3.52. The number of sulfonamides is 1. The van der Waals surface area contributed by atoms with Crippen molar-refractivity contribution in [3.63, 3.8) is 0 Å². The van der Waals surface area contributed by atoms with Gasteiger partial charge in [-0.25, -0.2) is 17.2 Å². The van der Waals surface area contributed by atoms with Crippen LogP contribution in [0.3, 0.4) is 0 Å². The van der Waals surface area contributed by atoms with Crippen LogP contribution >= 0.6 is 11.3 Å². The predicted octanol–water partition coefficient (Wildman–Crippen LogP) is 3.79. The summed E-state index contributed by atoms with van der Waals surface area (Å²) in [4.78, 5) is 17.3. The Hall–Kier alpha value is -2.47. The molecule has 0 aliphatic carbocycles. The molecule has 2 heterocycles. The Kier molecular flexibility index (Phi) is 7.27. The number of piperidine rings is 1. The number of thiazole rings is 1. The molecule has 182 valence electrons. The molecular formula is C23H25F2N3O4S2. The van der Waals surface area contributed by atoms with Gasteiger partial charge in [0.25, 0.3) is 5.91 Å². The third kappa shape index (κ3) is 4.97. The molecule has 0 saturated carbocycles. The van der Waals surface area contributed by atoms with E-state index in [1.54, 1.807) is 0 Å². The number of nitrogens with zero attached hydrogens (tertiary/aromatic N) is 3. The Morgan fingerprint density at radius 2 is 1.85 bits per heavy atom. The molecular weight excluding hydrogens is 484 g/mol. The number of methoxy groups -OCH3 is 1. The summed E-state index contributed by atoms with van der Waals surface area (Å²) in [5.74, 6) is -1.59. The van der Waals surface area contributed by atoms with Crippen molar-refractivity contribution in [3.8, 4) is 0 Å². The lowest BCUT2D eigenvalue weighted by Crippen LogP contribution is -2.37. The van der Waals surface area contributed by atoms with Crippen LogP contribution in [0, 0.1) is 17.6 Å². The third-order valence-electron chi connectivity index (χ3n) is 5.89. The number of rotatable bonds is 6. The van der Waals surface area contributed by atoms with Gasteiger partial charge >= 0.3 is 0 Å². The van der Waals surface area contributed by atoms with Crippen molar-refractivity contribution in [3.05, 3.63) is 58.4 Å². The van der Waals surface area contributed by atoms with Crippen molar-refractivity contribution in [2.75, 3.05) is 26.8 Å². The smallest absolute Gasteiger partial charge is 0.279 e. The summed E-state index contributed by atoms with van der Waals surface area (Å²) in [5, 5.41) is 0. The van der Waals surface area contributed by atoms with Crippen LogP contribution < -0.4 is 4.80 Å². The van der Waals surface area contributed by atoms with Crippen LogP contribution in [0.1, 0.15) is 30.1 Å². The van der Waals surface area contributed by atoms with E-state index in [1.165, 1.54) is 46.3 Å². The van der Waals surface area contributed by atoms with Gasteiger partial charge in [-0.05, 0) is 49.1 Å². The summed E-state index contributed by atoms with van der Waals surface area (Å²) in [7, 11) is -2.14. The fraction of sp³-hybridized carbons (Fsp3) is 0.391. The first-order valence-corrected chi connectivity index (χ1v) is 13.1. The molecule has 0 N–H and O–H groups in total. The average Bonchev–Trinajstić information content (AvgIpc) is 3.14. The number of carbonyl (C=O) groups is 1. The van der Waals surface area contributed by atoms with Crippen LogP contribution in [-0.2, 0) is 21.3 Å². The monoisotopic (exact) mass is 509 g/mol. The summed E-state index contributed by atoms with van der Waals surface area (Å²) in [6.07, 6.45) is 1.63. The zero-order valence-electron chi connectivity index (χ0n) is 18.8. The van der Waals surface area contributed by atoms with E-state index in [1.807, 2.05) is 0 Å². The molecule has 0 atom stereocenters. The summed E-state index contributed by atoms with van der Waals surface area (Å²) in [5.41, 5.74) is 0.334. The zero-order valence-corrected chi connectivity index (χ0v) is 20.5. The second-order valence-corrected chi connectivity index (χ2v) is 11.2. The van der Waals surface area contributed by atoms with Gasteiger partial charge in [-0.2, -0.15) is 9.30 Å². The van der Waals surface area contributed by atoms with Gasteiger partial charge in [-0.1, -0.05) is 18.3 Å². The number of ether oxygens (including phenoxy) is 1. The number of amides is 1. The van der Waals surface area contributed by atoms with Gasteiger partial charge < -0.3 is 9.30 Å². The maximum Gasteiger partial charge on any atom is 0.279 e. The number of hydrogen-bond donors (Lipinski definition) is 0. The van der Waals surface area contributed by atoms with Crippen LogP contribution in [0.5, 0.6) is 0 Å². The maximum absolute atomic E-state index is 14.5. The topological polar surface area (TPSA) is 81.0 Å². The van der Waals surface area contributed by atoms with E-state index in [-0.39, 0.29) is 33.9 Å². The van der Waals surface area contributed by atoms with Gasteiger partial charge in [0.1, 0.15) is 5.82 Å². The third-order valence-corrected chi connectivity index (χ3v) is 8.83. The van der Waals surface area contributed by atoms with Crippen molar-refractivity contribution < 1.29 is 26.7 Å². The first kappa shape index (κ1) is 24.6. The molecule has 1 fully saturated rings. The first-order chi connectivity index (χ1) is 16.2. The van der Waals surface area contributed by atoms with Crippen molar-refractivity contribution in [2.24, 2.45) is 10.9 Å². The van der Waals surface area contributed by atoms with Gasteiger partial charge in [0.05, 0.1) is 21.7 Å². The van der Waals surface area contributed by atoms with Gasteiger partial charge in [-0.3, -0.25) is 4.79 Å². The second-order valence-electron chi connectivity index (χ2n) is 8.29. The van der Waals surface area contributed by atoms with Crippen LogP contribution in [0.25, 0.3) is 10.2 Å². The number of benzene rings is 2. The molecule has 0 spiro atoms. The van der Waals surface area contributed by atoms with E-state index in [9.17, 15) is 22.0 Å². The minimum Gasteiger partial charge on any atom is -0.383 e. The van der Waals surface area contributed by atoms with Gasteiger partial charge in [0, 0.05) is 38.4 Å².